The number of ether oxygens (including phenoxy) is 2. The highest BCUT2D eigenvalue weighted by Crippen LogP contribution is 2.34. The van der Waals surface area contributed by atoms with Gasteiger partial charge < -0.3 is 25.1 Å². The van der Waals surface area contributed by atoms with Gasteiger partial charge in [0.05, 0.1) is 40.9 Å². The standard InChI is InChI=1S/C19H22Cl2F3N5O4/c1-2-33-16(31)18(19(22,23)24,27-15(30)3-4-29-5-7-32-8-6-29)28-17-25-13-9-11(20)12(21)10-14(13)26-17/h9-10H,2-8H2,1H3,(H,27,30)(H2,25,26,28). The Bertz CT molecular complexity index is 974. The van der Waals surface area contributed by atoms with Gasteiger partial charge in [-0.05, 0) is 19.1 Å². The predicted octanol–water partition coefficient (Wildman–Crippen LogP) is 2.94. The molecule has 0 bridgehead atoms. The quantitative estimate of drug-likeness (QED) is 0.369. The first kappa shape index (κ1) is 25.3. The highest BCUT2D eigenvalue weighted by molar-refractivity contribution is 6.42. The number of aromatic nitrogens is 2. The molecule has 9 nitrogen and oxygen atoms in total. The van der Waals surface area contributed by atoms with Crippen LogP contribution in [0.1, 0.15) is 13.3 Å². The van der Waals surface area contributed by atoms with Gasteiger partial charge >= 0.3 is 17.8 Å². The third-order valence-electron chi connectivity index (χ3n) is 4.92. The maximum Gasteiger partial charge on any atom is 0.442 e. The summed E-state index contributed by atoms with van der Waals surface area (Å²) in [6.07, 6.45) is -5.55. The number of esters is 1. The maximum absolute atomic E-state index is 14.3. The Morgan fingerprint density at radius 1 is 1.24 bits per heavy atom. The fourth-order valence-corrected chi connectivity index (χ4v) is 3.55. The lowest BCUT2D eigenvalue weighted by Crippen LogP contribution is -2.69. The first-order valence-electron chi connectivity index (χ1n) is 10.0. The van der Waals surface area contributed by atoms with Crippen molar-refractivity contribution in [3.63, 3.8) is 0 Å². The molecule has 0 spiro atoms. The van der Waals surface area contributed by atoms with Crippen LogP contribution in [0, 0.1) is 0 Å². The van der Waals surface area contributed by atoms with Crippen LogP contribution in [0.15, 0.2) is 12.1 Å². The van der Waals surface area contributed by atoms with Crippen LogP contribution in [0.5, 0.6) is 0 Å². The molecule has 3 rings (SSSR count). The van der Waals surface area contributed by atoms with Gasteiger partial charge in [0.15, 0.2) is 0 Å². The van der Waals surface area contributed by atoms with E-state index < -0.39 is 29.7 Å². The van der Waals surface area contributed by atoms with Gasteiger partial charge in [0.25, 0.3) is 0 Å². The van der Waals surface area contributed by atoms with E-state index >= 15 is 0 Å². The van der Waals surface area contributed by atoms with E-state index in [1.807, 2.05) is 10.2 Å². The summed E-state index contributed by atoms with van der Waals surface area (Å²) >= 11 is 11.9. The second kappa shape index (κ2) is 10.3. The minimum absolute atomic E-state index is 0.145. The van der Waals surface area contributed by atoms with Crippen molar-refractivity contribution in [3.05, 3.63) is 22.2 Å². The summed E-state index contributed by atoms with van der Waals surface area (Å²) in [4.78, 5) is 33.5. The highest BCUT2D eigenvalue weighted by Gasteiger charge is 2.64. The molecule has 1 aromatic heterocycles. The molecule has 14 heteroatoms. The van der Waals surface area contributed by atoms with Crippen LogP contribution in [-0.4, -0.2) is 78.0 Å². The van der Waals surface area contributed by atoms with E-state index in [9.17, 15) is 22.8 Å². The van der Waals surface area contributed by atoms with Crippen molar-refractivity contribution in [2.75, 3.05) is 44.8 Å². The average Bonchev–Trinajstić information content (AvgIpc) is 3.13. The minimum atomic E-state index is -5.28. The Kier molecular flexibility index (Phi) is 7.93. The molecule has 1 saturated heterocycles. The Balaban J connectivity index is 1.88. The molecule has 2 aromatic rings. The largest absolute Gasteiger partial charge is 0.463 e. The first-order valence-corrected chi connectivity index (χ1v) is 10.8. The van der Waals surface area contributed by atoms with Crippen molar-refractivity contribution < 1.29 is 32.2 Å². The van der Waals surface area contributed by atoms with Crippen molar-refractivity contribution in [2.24, 2.45) is 0 Å². The molecule has 1 fully saturated rings. The molecule has 1 aliphatic rings. The van der Waals surface area contributed by atoms with E-state index in [-0.39, 0.29) is 40.7 Å². The van der Waals surface area contributed by atoms with Gasteiger partial charge in [0, 0.05) is 26.1 Å². The SMILES string of the molecule is CCOC(=O)C(NC(=O)CCN1CCOCC1)(Nc1nc2cc(Cl)c(Cl)cc2[nH]1)C(F)(F)F. The average molecular weight is 512 g/mol. The molecule has 1 unspecified atom stereocenters. The van der Waals surface area contributed by atoms with Crippen molar-refractivity contribution in [2.45, 2.75) is 25.2 Å². The van der Waals surface area contributed by atoms with Gasteiger partial charge in [-0.15, -0.1) is 0 Å². The molecule has 2 heterocycles. The van der Waals surface area contributed by atoms with Crippen LogP contribution in [0.2, 0.25) is 10.0 Å². The van der Waals surface area contributed by atoms with E-state index in [1.54, 1.807) is 5.32 Å². The Labute approximate surface area is 196 Å². The number of amides is 1. The zero-order chi connectivity index (χ0) is 24.2. The third-order valence-corrected chi connectivity index (χ3v) is 5.64. The summed E-state index contributed by atoms with van der Waals surface area (Å²) < 4.78 is 52.7. The summed E-state index contributed by atoms with van der Waals surface area (Å²) in [6.45, 7) is 3.26. The first-order chi connectivity index (χ1) is 15.6. The lowest BCUT2D eigenvalue weighted by Gasteiger charge is -2.34. The smallest absolute Gasteiger partial charge is 0.442 e. The lowest BCUT2D eigenvalue weighted by atomic mass is 10.1. The Morgan fingerprint density at radius 2 is 1.91 bits per heavy atom. The molecular formula is C19H22Cl2F3N5O4. The number of carbonyl (C=O) groups excluding carboxylic acids is 2. The van der Waals surface area contributed by atoms with Gasteiger partial charge in [-0.1, -0.05) is 23.2 Å². The van der Waals surface area contributed by atoms with Gasteiger partial charge in [-0.2, -0.15) is 13.2 Å². The van der Waals surface area contributed by atoms with Crippen molar-refractivity contribution in [1.29, 1.82) is 0 Å². The zero-order valence-corrected chi connectivity index (χ0v) is 19.0. The number of alkyl halides is 3. The van der Waals surface area contributed by atoms with Gasteiger partial charge in [0.2, 0.25) is 11.9 Å². The van der Waals surface area contributed by atoms with Gasteiger partial charge in [0.1, 0.15) is 0 Å². The number of carbonyl (C=O) groups is 2. The second-order valence-electron chi connectivity index (χ2n) is 7.21. The van der Waals surface area contributed by atoms with Crippen molar-refractivity contribution in [3.8, 4) is 0 Å². The number of benzene rings is 1. The molecule has 182 valence electrons. The number of halogens is 5. The van der Waals surface area contributed by atoms with E-state index in [2.05, 4.69) is 14.7 Å². The minimum Gasteiger partial charge on any atom is -0.463 e. The molecule has 0 aliphatic carbocycles. The van der Waals surface area contributed by atoms with Crippen molar-refractivity contribution in [1.82, 2.24) is 20.2 Å². The Hall–Kier alpha value is -2.28. The number of morpholine rings is 1. The number of imidazole rings is 1. The lowest BCUT2D eigenvalue weighted by molar-refractivity contribution is -0.208. The number of nitrogens with zero attached hydrogens (tertiary/aromatic N) is 2. The van der Waals surface area contributed by atoms with Crippen LogP contribution >= 0.6 is 23.2 Å². The van der Waals surface area contributed by atoms with Crippen LogP contribution in [0.25, 0.3) is 11.0 Å². The molecule has 33 heavy (non-hydrogen) atoms. The number of anilines is 1. The summed E-state index contributed by atoms with van der Waals surface area (Å²) in [6, 6.07) is 2.72. The van der Waals surface area contributed by atoms with Crippen LogP contribution in [0.3, 0.4) is 0 Å². The molecule has 1 aliphatic heterocycles. The Morgan fingerprint density at radius 3 is 2.55 bits per heavy atom. The molecular weight excluding hydrogens is 490 g/mol. The normalized spacial score (nSPS) is 16.9. The van der Waals surface area contributed by atoms with Gasteiger partial charge in [-0.3, -0.25) is 9.69 Å². The van der Waals surface area contributed by atoms with E-state index in [0.29, 0.717) is 26.3 Å². The fraction of sp³-hybridized carbons (Fsp3) is 0.526. The summed E-state index contributed by atoms with van der Waals surface area (Å²) in [7, 11) is 0. The molecule has 3 N–H and O–H groups in total. The maximum atomic E-state index is 14.3. The monoisotopic (exact) mass is 511 g/mol. The number of hydrogen-bond acceptors (Lipinski definition) is 7. The number of fused-ring (bicyclic) bond motifs is 1. The number of H-pyrrole nitrogens is 1. The summed E-state index contributed by atoms with van der Waals surface area (Å²) in [5.41, 5.74) is -3.11. The number of rotatable bonds is 8. The third kappa shape index (κ3) is 5.81. The number of nitrogens with one attached hydrogen (secondary N) is 3. The molecule has 0 radical (unpaired) electrons. The van der Waals surface area contributed by atoms with Crippen LogP contribution in [-0.2, 0) is 19.1 Å². The fourth-order valence-electron chi connectivity index (χ4n) is 3.23. The number of aromatic amines is 1. The molecule has 0 saturated carbocycles. The molecule has 1 aromatic carbocycles. The van der Waals surface area contributed by atoms with Gasteiger partial charge in [-0.25, -0.2) is 9.78 Å². The molecule has 1 atom stereocenters. The van der Waals surface area contributed by atoms with Crippen molar-refractivity contribution >= 4 is 52.1 Å². The molecule has 1 amide bonds. The highest BCUT2D eigenvalue weighted by atomic mass is 35.5. The topological polar surface area (TPSA) is 109 Å². The zero-order valence-electron chi connectivity index (χ0n) is 17.5. The predicted molar refractivity (Wildman–Crippen MR) is 115 cm³/mol. The van der Waals surface area contributed by atoms with Crippen LogP contribution in [0.4, 0.5) is 19.1 Å². The number of hydrogen-bond donors (Lipinski definition) is 3. The second-order valence-corrected chi connectivity index (χ2v) is 8.03. The summed E-state index contributed by atoms with van der Waals surface area (Å²) in [5.74, 6) is -3.17. The summed E-state index contributed by atoms with van der Waals surface area (Å²) in [5, 5.41) is 4.09. The van der Waals surface area contributed by atoms with E-state index in [4.69, 9.17) is 27.9 Å². The van der Waals surface area contributed by atoms with E-state index in [0.717, 1.165) is 0 Å². The van der Waals surface area contributed by atoms with Crippen LogP contribution < -0.4 is 10.6 Å². The van der Waals surface area contributed by atoms with E-state index in [1.165, 1.54) is 19.1 Å².